The zero-order valence-corrected chi connectivity index (χ0v) is 37.8. The Labute approximate surface area is 395 Å². The van der Waals surface area contributed by atoms with Crippen molar-refractivity contribution in [1.29, 1.82) is 0 Å². The van der Waals surface area contributed by atoms with Gasteiger partial charge in [-0.25, -0.2) is 0 Å². The molecule has 0 N–H and O–H groups in total. The van der Waals surface area contributed by atoms with Crippen LogP contribution in [0.5, 0.6) is 0 Å². The summed E-state index contributed by atoms with van der Waals surface area (Å²) in [7, 11) is 0. The second-order valence-electron chi connectivity index (χ2n) is 17.9. The Hall–Kier alpha value is -7.89. The molecule has 1 spiro atoms. The lowest BCUT2D eigenvalue weighted by atomic mass is 9.59. The minimum absolute atomic E-state index is 0.514. The van der Waals surface area contributed by atoms with E-state index in [1.54, 1.807) is 0 Å². The van der Waals surface area contributed by atoms with E-state index >= 15 is 0 Å². The average Bonchev–Trinajstić information content (AvgIpc) is 3.93. The van der Waals surface area contributed by atoms with E-state index in [0.29, 0.717) is 0 Å². The van der Waals surface area contributed by atoms with E-state index < -0.39 is 5.41 Å². The molecule has 67 heavy (non-hydrogen) atoms. The van der Waals surface area contributed by atoms with Gasteiger partial charge in [-0.15, -0.1) is 11.3 Å². The van der Waals surface area contributed by atoms with Crippen LogP contribution in [0.15, 0.2) is 240 Å². The van der Waals surface area contributed by atoms with Gasteiger partial charge in [0.05, 0.1) is 22.1 Å². The van der Waals surface area contributed by atoms with Gasteiger partial charge in [0.1, 0.15) is 0 Å². The van der Waals surface area contributed by atoms with Crippen molar-refractivity contribution in [2.45, 2.75) is 15.2 Å². The lowest BCUT2D eigenvalue weighted by Crippen LogP contribution is -2.36. The average molecular weight is 887 g/mol. The predicted octanol–water partition coefficient (Wildman–Crippen LogP) is 17.8. The Kier molecular flexibility index (Phi) is 7.84. The quantitative estimate of drug-likeness (QED) is 0.174. The van der Waals surface area contributed by atoms with Gasteiger partial charge in [-0.1, -0.05) is 182 Å². The number of hydrogen-bond donors (Lipinski definition) is 0. The zero-order chi connectivity index (χ0) is 43.8. The first-order valence-corrected chi connectivity index (χ1v) is 24.6. The van der Waals surface area contributed by atoms with Crippen LogP contribution < -0.4 is 4.90 Å². The second kappa shape index (κ2) is 14.1. The predicted molar refractivity (Wildman–Crippen MR) is 285 cm³/mol. The molecule has 0 fully saturated rings. The summed E-state index contributed by atoms with van der Waals surface area (Å²) >= 11 is 3.77. The van der Waals surface area contributed by atoms with Gasteiger partial charge in [0, 0.05) is 63.2 Å². The zero-order valence-electron chi connectivity index (χ0n) is 36.2. The van der Waals surface area contributed by atoms with E-state index in [2.05, 4.69) is 240 Å². The molecule has 11 aromatic carbocycles. The molecule has 0 saturated heterocycles. The van der Waals surface area contributed by atoms with Crippen molar-refractivity contribution < 1.29 is 0 Å². The summed E-state index contributed by atoms with van der Waals surface area (Å²) in [4.78, 5) is 5.05. The maximum absolute atomic E-state index is 2.50. The summed E-state index contributed by atoms with van der Waals surface area (Å²) in [6.45, 7) is 0. The molecule has 2 aliphatic rings. The minimum Gasteiger partial charge on any atom is -0.310 e. The maximum Gasteiger partial charge on any atom is 0.0735 e. The fraction of sp³-hybridized carbons (Fsp3) is 0.0159. The molecule has 2 aromatic heterocycles. The minimum atomic E-state index is -0.514. The van der Waals surface area contributed by atoms with Crippen LogP contribution in [0, 0.1) is 0 Å². The van der Waals surface area contributed by atoms with Gasteiger partial charge < -0.3 is 9.47 Å². The fourth-order valence-electron chi connectivity index (χ4n) is 11.9. The molecular formula is C63H38N2S2. The van der Waals surface area contributed by atoms with Crippen molar-refractivity contribution in [3.05, 3.63) is 253 Å². The Morgan fingerprint density at radius 2 is 1.00 bits per heavy atom. The summed E-state index contributed by atoms with van der Waals surface area (Å²) in [6, 6.07) is 86.5. The third-order valence-electron chi connectivity index (χ3n) is 14.6. The molecular weight excluding hydrogens is 849 g/mol. The molecule has 2 nitrogen and oxygen atoms in total. The number of fused-ring (bicyclic) bond motifs is 15. The van der Waals surface area contributed by atoms with Crippen LogP contribution in [0.2, 0.25) is 0 Å². The molecule has 1 unspecified atom stereocenters. The Bertz CT molecular complexity index is 4220. The van der Waals surface area contributed by atoms with Crippen LogP contribution in [0.25, 0.3) is 80.3 Å². The SMILES string of the molecule is c1ccc2c(c1)Sc1cc(N(c3ccc4c5ccccc5n(-c5ccc6c(c5)sc5ccccc56)c4c3)c3cccc4ccccc34)ccc1C21c2ccccc2-c2cccc3cccc1c23. The lowest BCUT2D eigenvalue weighted by molar-refractivity contribution is 0.707. The monoisotopic (exact) mass is 886 g/mol. The lowest BCUT2D eigenvalue weighted by Gasteiger charge is -2.46. The van der Waals surface area contributed by atoms with Crippen LogP contribution in [0.1, 0.15) is 22.3 Å². The summed E-state index contributed by atoms with van der Waals surface area (Å²) in [5, 5.41) is 10.1. The Balaban J connectivity index is 0.990. The van der Waals surface area contributed by atoms with Crippen LogP contribution in [0.4, 0.5) is 17.1 Å². The third kappa shape index (κ3) is 5.17. The van der Waals surface area contributed by atoms with E-state index in [0.717, 1.165) is 22.7 Å². The van der Waals surface area contributed by atoms with E-state index in [1.165, 1.54) is 107 Å². The molecule has 15 rings (SSSR count). The van der Waals surface area contributed by atoms with Gasteiger partial charge in [0.15, 0.2) is 0 Å². The highest BCUT2D eigenvalue weighted by Gasteiger charge is 2.48. The van der Waals surface area contributed by atoms with Crippen molar-refractivity contribution in [2.75, 3.05) is 4.90 Å². The number of thiophene rings is 1. The van der Waals surface area contributed by atoms with Gasteiger partial charge in [-0.3, -0.25) is 0 Å². The molecule has 3 heterocycles. The van der Waals surface area contributed by atoms with Crippen LogP contribution in [0.3, 0.4) is 0 Å². The smallest absolute Gasteiger partial charge is 0.0735 e. The highest BCUT2D eigenvalue weighted by atomic mass is 32.2. The van der Waals surface area contributed by atoms with Crippen molar-refractivity contribution in [3.63, 3.8) is 0 Å². The summed E-state index contributed by atoms with van der Waals surface area (Å²) in [5.74, 6) is 0. The maximum atomic E-state index is 2.50. The molecule has 0 amide bonds. The summed E-state index contributed by atoms with van der Waals surface area (Å²) < 4.78 is 5.09. The topological polar surface area (TPSA) is 8.17 Å². The number of aromatic nitrogens is 1. The molecule has 1 atom stereocenters. The summed E-state index contributed by atoms with van der Waals surface area (Å²) in [6.07, 6.45) is 0. The first-order valence-electron chi connectivity index (χ1n) is 23.0. The number of nitrogens with zero attached hydrogens (tertiary/aromatic N) is 2. The normalized spacial score (nSPS) is 14.9. The number of benzene rings is 11. The highest BCUT2D eigenvalue weighted by molar-refractivity contribution is 7.99. The molecule has 1 aliphatic heterocycles. The van der Waals surface area contributed by atoms with Gasteiger partial charge in [-0.2, -0.15) is 0 Å². The summed E-state index contributed by atoms with van der Waals surface area (Å²) in [5.41, 5.74) is 14.3. The van der Waals surface area contributed by atoms with Crippen LogP contribution >= 0.6 is 23.1 Å². The van der Waals surface area contributed by atoms with Crippen LogP contribution in [-0.2, 0) is 5.41 Å². The molecule has 1 aliphatic carbocycles. The number of rotatable bonds is 4. The van der Waals surface area contributed by atoms with Crippen molar-refractivity contribution in [1.82, 2.24) is 4.57 Å². The molecule has 0 radical (unpaired) electrons. The fourth-order valence-corrected chi connectivity index (χ4v) is 14.2. The second-order valence-corrected chi connectivity index (χ2v) is 20.1. The van der Waals surface area contributed by atoms with E-state index in [4.69, 9.17) is 0 Å². The van der Waals surface area contributed by atoms with Gasteiger partial charge in [0.2, 0.25) is 0 Å². The molecule has 0 saturated carbocycles. The Morgan fingerprint density at radius 3 is 1.94 bits per heavy atom. The van der Waals surface area contributed by atoms with Gasteiger partial charge in [-0.05, 0) is 110 Å². The highest BCUT2D eigenvalue weighted by Crippen LogP contribution is 2.62. The van der Waals surface area contributed by atoms with Crippen molar-refractivity contribution in [3.8, 4) is 16.8 Å². The van der Waals surface area contributed by atoms with E-state index in [1.807, 2.05) is 23.1 Å². The first-order chi connectivity index (χ1) is 33.2. The van der Waals surface area contributed by atoms with Gasteiger partial charge in [0.25, 0.3) is 0 Å². The largest absolute Gasteiger partial charge is 0.310 e. The first kappa shape index (κ1) is 37.3. The standard InChI is InChI=1S/C63H38N2S2/c1-2-18-44-39(14-1)15-13-27-55(44)64(41-30-33-47-46-20-4-8-26-56(46)65(57(47)36-41)43-31-34-49-48-21-5-9-28-58(48)66-60(49)37-43)42-32-35-53-61(38-42)67-59-29-10-7-24-52(59)63(53)51-23-6-3-19-45(51)50-22-11-16-40-17-12-25-54(63)62(40)50/h1-38H. The molecule has 0 bridgehead atoms. The Morgan fingerprint density at radius 1 is 0.373 bits per heavy atom. The number of para-hydroxylation sites is 1. The molecule has 312 valence electrons. The number of hydrogen-bond acceptors (Lipinski definition) is 3. The van der Waals surface area contributed by atoms with Crippen molar-refractivity contribution >= 4 is 104 Å². The molecule has 4 heteroatoms. The van der Waals surface area contributed by atoms with E-state index in [9.17, 15) is 0 Å². The van der Waals surface area contributed by atoms with Crippen molar-refractivity contribution in [2.24, 2.45) is 0 Å². The third-order valence-corrected chi connectivity index (χ3v) is 16.9. The number of anilines is 3. The van der Waals surface area contributed by atoms with Gasteiger partial charge >= 0.3 is 0 Å². The van der Waals surface area contributed by atoms with E-state index in [-0.39, 0.29) is 0 Å². The van der Waals surface area contributed by atoms with Crippen LogP contribution in [-0.4, -0.2) is 4.57 Å². The molecule has 13 aromatic rings.